The first-order valence-electron chi connectivity index (χ1n) is 8.32. The highest BCUT2D eigenvalue weighted by atomic mass is 32.2. The largest absolute Gasteiger partial charge is 0.371 e. The summed E-state index contributed by atoms with van der Waals surface area (Å²) < 4.78 is 5.68. The van der Waals surface area contributed by atoms with E-state index in [1.807, 2.05) is 5.38 Å². The van der Waals surface area contributed by atoms with Gasteiger partial charge in [0.25, 0.3) is 5.91 Å². The van der Waals surface area contributed by atoms with Crippen molar-refractivity contribution in [3.63, 3.8) is 0 Å². The van der Waals surface area contributed by atoms with Crippen molar-refractivity contribution >= 4 is 29.0 Å². The molecule has 1 saturated carbocycles. The lowest BCUT2D eigenvalue weighted by molar-refractivity contribution is 0.0639. The zero-order chi connectivity index (χ0) is 14.9. The predicted octanol–water partition coefficient (Wildman–Crippen LogP) is 3.49. The number of fused-ring (bicyclic) bond motifs is 1. The molecule has 1 aromatic heterocycles. The SMILES string of the molecule is O=C(c1csc([C@@H]2CCCO2)n1)N1CCS[C@@H]2CCCC[C@H]21. The number of carbonyl (C=O) groups excluding carboxylic acids is 1. The van der Waals surface area contributed by atoms with Crippen LogP contribution in [0.15, 0.2) is 5.38 Å². The van der Waals surface area contributed by atoms with Crippen LogP contribution in [-0.4, -0.2) is 46.0 Å². The highest BCUT2D eigenvalue weighted by Gasteiger charge is 2.37. The van der Waals surface area contributed by atoms with Crippen LogP contribution in [0.4, 0.5) is 0 Å². The highest BCUT2D eigenvalue weighted by molar-refractivity contribution is 8.00. The summed E-state index contributed by atoms with van der Waals surface area (Å²) >= 11 is 3.64. The fourth-order valence-electron chi connectivity index (χ4n) is 3.80. The van der Waals surface area contributed by atoms with Gasteiger partial charge >= 0.3 is 0 Å². The third kappa shape index (κ3) is 2.81. The summed E-state index contributed by atoms with van der Waals surface area (Å²) in [5.74, 6) is 1.20. The zero-order valence-corrected chi connectivity index (χ0v) is 14.3. The molecule has 0 bridgehead atoms. The molecule has 22 heavy (non-hydrogen) atoms. The Morgan fingerprint density at radius 2 is 2.18 bits per heavy atom. The average molecular weight is 338 g/mol. The van der Waals surface area contributed by atoms with Crippen molar-refractivity contribution in [3.8, 4) is 0 Å². The molecule has 1 aromatic rings. The van der Waals surface area contributed by atoms with Gasteiger partial charge in [-0.25, -0.2) is 4.98 Å². The van der Waals surface area contributed by atoms with Gasteiger partial charge in [0.2, 0.25) is 0 Å². The highest BCUT2D eigenvalue weighted by Crippen LogP contribution is 2.37. The van der Waals surface area contributed by atoms with E-state index in [9.17, 15) is 4.79 Å². The van der Waals surface area contributed by atoms with Gasteiger partial charge in [-0.2, -0.15) is 11.8 Å². The van der Waals surface area contributed by atoms with Gasteiger partial charge in [-0.3, -0.25) is 4.79 Å². The number of thiazole rings is 1. The van der Waals surface area contributed by atoms with E-state index >= 15 is 0 Å². The number of nitrogens with zero attached hydrogens (tertiary/aromatic N) is 2. The molecule has 3 heterocycles. The lowest BCUT2D eigenvalue weighted by atomic mass is 9.93. The first-order valence-corrected chi connectivity index (χ1v) is 10.3. The van der Waals surface area contributed by atoms with Crippen molar-refractivity contribution < 1.29 is 9.53 Å². The van der Waals surface area contributed by atoms with Gasteiger partial charge in [-0.15, -0.1) is 11.3 Å². The molecule has 0 aromatic carbocycles. The molecule has 2 aliphatic heterocycles. The molecule has 4 rings (SSSR count). The number of hydrogen-bond donors (Lipinski definition) is 0. The topological polar surface area (TPSA) is 42.4 Å². The van der Waals surface area contributed by atoms with E-state index in [1.165, 1.54) is 19.3 Å². The molecule has 6 heteroatoms. The summed E-state index contributed by atoms with van der Waals surface area (Å²) in [6, 6.07) is 0.424. The van der Waals surface area contributed by atoms with Crippen LogP contribution in [-0.2, 0) is 4.74 Å². The normalized spacial score (nSPS) is 32.0. The maximum atomic E-state index is 12.9. The van der Waals surface area contributed by atoms with Crippen molar-refractivity contribution in [1.82, 2.24) is 9.88 Å². The Bertz CT molecular complexity index is 540. The number of carbonyl (C=O) groups is 1. The third-order valence-corrected chi connectivity index (χ3v) is 7.27. The molecule has 3 aliphatic rings. The van der Waals surface area contributed by atoms with Gasteiger partial charge in [0.1, 0.15) is 16.8 Å². The van der Waals surface area contributed by atoms with Gasteiger partial charge in [0.15, 0.2) is 0 Å². The Morgan fingerprint density at radius 3 is 3.05 bits per heavy atom. The zero-order valence-electron chi connectivity index (χ0n) is 12.7. The van der Waals surface area contributed by atoms with Crippen molar-refractivity contribution in [1.29, 1.82) is 0 Å². The monoisotopic (exact) mass is 338 g/mol. The van der Waals surface area contributed by atoms with Crippen molar-refractivity contribution in [2.45, 2.75) is 55.9 Å². The summed E-state index contributed by atoms with van der Waals surface area (Å²) in [7, 11) is 0. The van der Waals surface area contributed by atoms with E-state index in [4.69, 9.17) is 4.74 Å². The first kappa shape index (κ1) is 15.0. The fourth-order valence-corrected chi connectivity index (χ4v) is 6.12. The summed E-state index contributed by atoms with van der Waals surface area (Å²) in [6.45, 7) is 1.69. The number of thioether (sulfide) groups is 1. The van der Waals surface area contributed by atoms with Crippen LogP contribution < -0.4 is 0 Å². The van der Waals surface area contributed by atoms with Crippen molar-refractivity contribution in [2.24, 2.45) is 0 Å². The minimum Gasteiger partial charge on any atom is -0.371 e. The van der Waals surface area contributed by atoms with E-state index in [0.717, 1.165) is 43.2 Å². The Morgan fingerprint density at radius 1 is 1.27 bits per heavy atom. The molecular weight excluding hydrogens is 316 g/mol. The smallest absolute Gasteiger partial charge is 0.273 e. The number of hydrogen-bond acceptors (Lipinski definition) is 5. The number of aromatic nitrogens is 1. The summed E-state index contributed by atoms with van der Waals surface area (Å²) in [5, 5.41) is 3.55. The van der Waals surface area contributed by atoms with E-state index in [0.29, 0.717) is 17.0 Å². The molecule has 3 atom stereocenters. The molecule has 1 amide bonds. The molecule has 0 spiro atoms. The molecule has 2 saturated heterocycles. The van der Waals surface area contributed by atoms with Crippen molar-refractivity contribution in [2.75, 3.05) is 18.9 Å². The number of ether oxygens (including phenoxy) is 1. The third-order valence-electron chi connectivity index (χ3n) is 4.94. The Labute approximate surface area is 139 Å². The molecular formula is C16H22N2O2S2. The molecule has 1 aliphatic carbocycles. The second-order valence-corrected chi connectivity index (χ2v) is 8.57. The maximum absolute atomic E-state index is 12.9. The predicted molar refractivity (Wildman–Crippen MR) is 89.6 cm³/mol. The quantitative estimate of drug-likeness (QED) is 0.828. The van der Waals surface area contributed by atoms with Crippen LogP contribution in [0.25, 0.3) is 0 Å². The Kier molecular flexibility index (Phi) is 4.42. The van der Waals surface area contributed by atoms with Crippen LogP contribution >= 0.6 is 23.1 Å². The number of rotatable bonds is 2. The van der Waals surface area contributed by atoms with E-state index in [-0.39, 0.29) is 12.0 Å². The van der Waals surface area contributed by atoms with Crippen LogP contribution in [0.5, 0.6) is 0 Å². The summed E-state index contributed by atoms with van der Waals surface area (Å²) in [5.41, 5.74) is 0.631. The first-order chi connectivity index (χ1) is 10.8. The molecule has 0 radical (unpaired) electrons. The second kappa shape index (κ2) is 6.49. The van der Waals surface area contributed by atoms with Crippen LogP contribution in [0.1, 0.15) is 60.1 Å². The second-order valence-electron chi connectivity index (χ2n) is 6.33. The fraction of sp³-hybridized carbons (Fsp3) is 0.750. The summed E-state index contributed by atoms with van der Waals surface area (Å²) in [6.07, 6.45) is 7.24. The Balaban J connectivity index is 1.50. The van der Waals surface area contributed by atoms with Crippen LogP contribution in [0.2, 0.25) is 0 Å². The van der Waals surface area contributed by atoms with Gasteiger partial charge in [-0.1, -0.05) is 12.8 Å². The minimum atomic E-state index is 0.117. The lowest BCUT2D eigenvalue weighted by Gasteiger charge is -2.43. The van der Waals surface area contributed by atoms with Crippen LogP contribution in [0.3, 0.4) is 0 Å². The molecule has 0 unspecified atom stereocenters. The molecule has 120 valence electrons. The average Bonchev–Trinajstić information content (AvgIpc) is 3.24. The molecule has 4 nitrogen and oxygen atoms in total. The summed E-state index contributed by atoms with van der Waals surface area (Å²) in [4.78, 5) is 19.6. The Hall–Kier alpha value is -0.590. The van der Waals surface area contributed by atoms with Gasteiger partial charge in [0, 0.05) is 35.6 Å². The number of amides is 1. The molecule has 3 fully saturated rings. The van der Waals surface area contributed by atoms with Crippen molar-refractivity contribution in [3.05, 3.63) is 16.1 Å². The molecule has 0 N–H and O–H groups in total. The van der Waals surface area contributed by atoms with Gasteiger partial charge < -0.3 is 9.64 Å². The minimum absolute atomic E-state index is 0.117. The van der Waals surface area contributed by atoms with Crippen LogP contribution in [0, 0.1) is 0 Å². The standard InChI is InChI=1S/C16H22N2O2S2/c19-16(11-10-22-15(17-11)13-5-3-8-20-13)18-7-9-21-14-6-2-1-4-12(14)18/h10,12-14H,1-9H2/t12-,13+,14-/m1/s1. The van der Waals surface area contributed by atoms with E-state index in [2.05, 4.69) is 21.6 Å². The van der Waals surface area contributed by atoms with E-state index in [1.54, 1.807) is 11.3 Å². The lowest BCUT2D eigenvalue weighted by Crippen LogP contribution is -2.51. The van der Waals surface area contributed by atoms with Gasteiger partial charge in [0.05, 0.1) is 0 Å². The maximum Gasteiger partial charge on any atom is 0.273 e. The van der Waals surface area contributed by atoms with Gasteiger partial charge in [-0.05, 0) is 25.7 Å². The van der Waals surface area contributed by atoms with E-state index < -0.39 is 0 Å².